The van der Waals surface area contributed by atoms with Crippen LogP contribution in [0, 0.1) is 6.92 Å². The summed E-state index contributed by atoms with van der Waals surface area (Å²) in [5.41, 5.74) is 0. The fourth-order valence-electron chi connectivity index (χ4n) is 1.97. The number of anilines is 1. The molecule has 1 fully saturated rings. The summed E-state index contributed by atoms with van der Waals surface area (Å²) in [5, 5.41) is 23.0. The van der Waals surface area contributed by atoms with Crippen LogP contribution in [0.3, 0.4) is 0 Å². The van der Waals surface area contributed by atoms with E-state index in [1.54, 1.807) is 11.3 Å². The van der Waals surface area contributed by atoms with Crippen LogP contribution in [-0.4, -0.2) is 27.4 Å². The van der Waals surface area contributed by atoms with Crippen LogP contribution in [0.4, 0.5) is 5.13 Å². The topological polar surface area (TPSA) is 58.0 Å². The van der Waals surface area contributed by atoms with E-state index in [0.717, 1.165) is 29.4 Å². The van der Waals surface area contributed by atoms with Gasteiger partial charge < -0.3 is 10.4 Å². The fourth-order valence-corrected chi connectivity index (χ4v) is 2.62. The molecule has 0 aliphatic heterocycles. The summed E-state index contributed by atoms with van der Waals surface area (Å²) in [6, 6.07) is 0.153. The number of aromatic nitrogens is 2. The predicted molar refractivity (Wildman–Crippen MR) is 61.1 cm³/mol. The van der Waals surface area contributed by atoms with Gasteiger partial charge in [0.05, 0.1) is 12.1 Å². The van der Waals surface area contributed by atoms with Gasteiger partial charge in [-0.05, 0) is 19.8 Å². The Morgan fingerprint density at radius 3 is 2.80 bits per heavy atom. The van der Waals surface area contributed by atoms with E-state index >= 15 is 0 Å². The Balaban J connectivity index is 1.97. The van der Waals surface area contributed by atoms with E-state index in [-0.39, 0.29) is 12.1 Å². The molecule has 15 heavy (non-hydrogen) atoms. The number of hydrogen-bond donors (Lipinski definition) is 2. The SMILES string of the molecule is Cc1nnc(NC2CCCCCC2O)s1. The Bertz CT molecular complexity index is 315. The first-order valence-corrected chi connectivity index (χ1v) is 6.32. The summed E-state index contributed by atoms with van der Waals surface area (Å²) in [5.74, 6) is 0. The number of aliphatic hydroxyl groups excluding tert-OH is 1. The molecular formula is C10H17N3OS. The molecule has 5 heteroatoms. The number of rotatable bonds is 2. The largest absolute Gasteiger partial charge is 0.391 e. The number of nitrogens with zero attached hydrogens (tertiary/aromatic N) is 2. The lowest BCUT2D eigenvalue weighted by Crippen LogP contribution is -2.32. The van der Waals surface area contributed by atoms with E-state index in [1.807, 2.05) is 6.92 Å². The van der Waals surface area contributed by atoms with Gasteiger partial charge in [0.2, 0.25) is 5.13 Å². The predicted octanol–water partition coefficient (Wildman–Crippen LogP) is 1.95. The molecule has 1 aromatic rings. The quantitative estimate of drug-likeness (QED) is 0.758. The van der Waals surface area contributed by atoms with Crippen LogP contribution in [0.25, 0.3) is 0 Å². The second-order valence-electron chi connectivity index (χ2n) is 4.08. The molecule has 1 heterocycles. The third-order valence-electron chi connectivity index (χ3n) is 2.81. The van der Waals surface area contributed by atoms with Crippen molar-refractivity contribution >= 4 is 16.5 Å². The van der Waals surface area contributed by atoms with E-state index in [1.165, 1.54) is 12.8 Å². The van der Waals surface area contributed by atoms with Crippen molar-refractivity contribution in [3.8, 4) is 0 Å². The van der Waals surface area contributed by atoms with Gasteiger partial charge in [-0.1, -0.05) is 30.6 Å². The normalized spacial score (nSPS) is 27.3. The lowest BCUT2D eigenvalue weighted by atomic mass is 10.1. The molecule has 0 radical (unpaired) electrons. The smallest absolute Gasteiger partial charge is 0.205 e. The molecule has 4 nitrogen and oxygen atoms in total. The lowest BCUT2D eigenvalue weighted by Gasteiger charge is -2.20. The van der Waals surface area contributed by atoms with Crippen molar-refractivity contribution in [1.29, 1.82) is 0 Å². The van der Waals surface area contributed by atoms with Crippen molar-refractivity contribution < 1.29 is 5.11 Å². The molecule has 0 bridgehead atoms. The zero-order valence-corrected chi connectivity index (χ0v) is 9.76. The average Bonchev–Trinajstić information content (AvgIpc) is 2.50. The molecule has 2 atom stereocenters. The van der Waals surface area contributed by atoms with Crippen molar-refractivity contribution in [3.63, 3.8) is 0 Å². The van der Waals surface area contributed by atoms with E-state index in [2.05, 4.69) is 15.5 Å². The van der Waals surface area contributed by atoms with Crippen LogP contribution in [-0.2, 0) is 0 Å². The van der Waals surface area contributed by atoms with Crippen LogP contribution >= 0.6 is 11.3 Å². The maximum atomic E-state index is 9.91. The molecule has 0 aromatic carbocycles. The summed E-state index contributed by atoms with van der Waals surface area (Å²) in [4.78, 5) is 0. The first kappa shape index (κ1) is 10.8. The summed E-state index contributed by atoms with van der Waals surface area (Å²) in [7, 11) is 0. The maximum Gasteiger partial charge on any atom is 0.205 e. The highest BCUT2D eigenvalue weighted by Gasteiger charge is 2.22. The monoisotopic (exact) mass is 227 g/mol. The zero-order valence-electron chi connectivity index (χ0n) is 8.94. The molecular weight excluding hydrogens is 210 g/mol. The molecule has 2 rings (SSSR count). The summed E-state index contributed by atoms with van der Waals surface area (Å²) in [6.07, 6.45) is 5.23. The molecule has 1 aromatic heterocycles. The third kappa shape index (κ3) is 2.89. The second kappa shape index (κ2) is 4.90. The van der Waals surface area contributed by atoms with E-state index < -0.39 is 0 Å². The molecule has 0 spiro atoms. The number of aryl methyl sites for hydroxylation is 1. The summed E-state index contributed by atoms with van der Waals surface area (Å²) in [6.45, 7) is 1.94. The van der Waals surface area contributed by atoms with Crippen LogP contribution in [0.15, 0.2) is 0 Å². The van der Waals surface area contributed by atoms with Crippen molar-refractivity contribution in [3.05, 3.63) is 5.01 Å². The number of nitrogens with one attached hydrogen (secondary N) is 1. The van der Waals surface area contributed by atoms with Gasteiger partial charge >= 0.3 is 0 Å². The Morgan fingerprint density at radius 1 is 1.27 bits per heavy atom. The van der Waals surface area contributed by atoms with Gasteiger partial charge in [-0.25, -0.2) is 0 Å². The van der Waals surface area contributed by atoms with Crippen molar-refractivity contribution in [1.82, 2.24) is 10.2 Å². The van der Waals surface area contributed by atoms with E-state index in [4.69, 9.17) is 0 Å². The highest BCUT2D eigenvalue weighted by atomic mass is 32.1. The Labute approximate surface area is 93.7 Å². The van der Waals surface area contributed by atoms with Gasteiger partial charge in [0, 0.05) is 0 Å². The molecule has 2 unspecified atom stereocenters. The van der Waals surface area contributed by atoms with Crippen molar-refractivity contribution in [2.45, 2.75) is 51.2 Å². The van der Waals surface area contributed by atoms with Gasteiger partial charge in [-0.2, -0.15) is 0 Å². The van der Waals surface area contributed by atoms with Gasteiger partial charge in [0.1, 0.15) is 5.01 Å². The number of hydrogen-bond acceptors (Lipinski definition) is 5. The minimum Gasteiger partial charge on any atom is -0.391 e. The Morgan fingerprint density at radius 2 is 2.07 bits per heavy atom. The van der Waals surface area contributed by atoms with Crippen LogP contribution in [0.1, 0.15) is 37.1 Å². The average molecular weight is 227 g/mol. The first-order chi connectivity index (χ1) is 7.25. The Hall–Kier alpha value is -0.680. The summed E-state index contributed by atoms with van der Waals surface area (Å²) < 4.78 is 0. The van der Waals surface area contributed by atoms with Crippen LogP contribution < -0.4 is 5.32 Å². The van der Waals surface area contributed by atoms with Gasteiger partial charge in [-0.15, -0.1) is 10.2 Å². The highest BCUT2D eigenvalue weighted by Crippen LogP contribution is 2.23. The maximum absolute atomic E-state index is 9.91. The van der Waals surface area contributed by atoms with Crippen LogP contribution in [0.2, 0.25) is 0 Å². The number of aliphatic hydroxyl groups is 1. The minimum atomic E-state index is -0.239. The molecule has 84 valence electrons. The van der Waals surface area contributed by atoms with Crippen LogP contribution in [0.5, 0.6) is 0 Å². The lowest BCUT2D eigenvalue weighted by molar-refractivity contribution is 0.144. The molecule has 1 aliphatic rings. The van der Waals surface area contributed by atoms with E-state index in [0.29, 0.717) is 0 Å². The minimum absolute atomic E-state index is 0.153. The van der Waals surface area contributed by atoms with Gasteiger partial charge in [-0.3, -0.25) is 0 Å². The van der Waals surface area contributed by atoms with Gasteiger partial charge in [0.25, 0.3) is 0 Å². The van der Waals surface area contributed by atoms with E-state index in [9.17, 15) is 5.11 Å². The standard InChI is InChI=1S/C10H17N3OS/c1-7-12-13-10(15-7)11-8-5-3-2-4-6-9(8)14/h8-9,14H,2-6H2,1H3,(H,11,13). The van der Waals surface area contributed by atoms with Gasteiger partial charge in [0.15, 0.2) is 0 Å². The fraction of sp³-hybridized carbons (Fsp3) is 0.800. The molecule has 2 N–H and O–H groups in total. The van der Waals surface area contributed by atoms with Crippen molar-refractivity contribution in [2.24, 2.45) is 0 Å². The third-order valence-corrected chi connectivity index (χ3v) is 3.58. The Kier molecular flexibility index (Phi) is 3.53. The zero-order chi connectivity index (χ0) is 10.7. The molecule has 1 saturated carbocycles. The first-order valence-electron chi connectivity index (χ1n) is 5.50. The highest BCUT2D eigenvalue weighted by molar-refractivity contribution is 7.15. The van der Waals surface area contributed by atoms with Crippen molar-refractivity contribution in [2.75, 3.05) is 5.32 Å². The molecule has 1 aliphatic carbocycles. The summed E-state index contributed by atoms with van der Waals surface area (Å²) >= 11 is 1.55. The second-order valence-corrected chi connectivity index (χ2v) is 5.26. The molecule has 0 amide bonds. The molecule has 0 saturated heterocycles.